The highest BCUT2D eigenvalue weighted by Crippen LogP contribution is 2.28. The highest BCUT2D eigenvalue weighted by atomic mass is 16.7. The van der Waals surface area contributed by atoms with Gasteiger partial charge in [-0.25, -0.2) is 4.98 Å². The molecule has 1 atom stereocenters. The quantitative estimate of drug-likeness (QED) is 0.685. The molecule has 1 aliphatic rings. The van der Waals surface area contributed by atoms with Crippen LogP contribution in [0.2, 0.25) is 0 Å². The highest BCUT2D eigenvalue weighted by Gasteiger charge is 2.32. The average molecular weight is 396 g/mol. The molecule has 1 aromatic carbocycles. The zero-order chi connectivity index (χ0) is 20.8. The summed E-state index contributed by atoms with van der Waals surface area (Å²) in [5.41, 5.74) is 5.73. The van der Waals surface area contributed by atoms with Crippen LogP contribution in [0.15, 0.2) is 24.3 Å². The molecule has 0 saturated carbocycles. The maximum atomic E-state index is 10.3. The van der Waals surface area contributed by atoms with E-state index in [0.29, 0.717) is 25.4 Å². The summed E-state index contributed by atoms with van der Waals surface area (Å²) < 4.78 is 13.6. The van der Waals surface area contributed by atoms with E-state index in [4.69, 9.17) is 14.5 Å². The van der Waals surface area contributed by atoms with E-state index in [1.54, 1.807) is 12.1 Å². The first-order valence-electron chi connectivity index (χ1n) is 9.90. The van der Waals surface area contributed by atoms with Gasteiger partial charge < -0.3 is 24.5 Å². The molecule has 1 unspecified atom stereocenters. The Bertz CT molecular complexity index is 1060. The molecule has 0 spiro atoms. The monoisotopic (exact) mass is 396 g/mol. The summed E-state index contributed by atoms with van der Waals surface area (Å²) >= 11 is 0. The lowest BCUT2D eigenvalue weighted by atomic mass is 10.1. The molecule has 29 heavy (non-hydrogen) atoms. The van der Waals surface area contributed by atoms with E-state index in [2.05, 4.69) is 40.8 Å². The lowest BCUT2D eigenvalue weighted by Gasteiger charge is -2.18. The summed E-state index contributed by atoms with van der Waals surface area (Å²) in [5.74, 6) is 0.351. The minimum absolute atomic E-state index is 0.0495. The Morgan fingerprint density at radius 3 is 2.72 bits per heavy atom. The second kappa shape index (κ2) is 7.31. The molecule has 0 radical (unpaired) electrons. The highest BCUT2D eigenvalue weighted by molar-refractivity contribution is 5.83. The SMILES string of the molecule is Cc1cc(C)c2c(c1)nc(NCC1COC(C)(C)O1)n2Cc1nc(C)ccc1O. The summed E-state index contributed by atoms with van der Waals surface area (Å²) in [5, 5.41) is 13.7. The fraction of sp³-hybridized carbons (Fsp3) is 0.455. The molecule has 0 aliphatic carbocycles. The van der Waals surface area contributed by atoms with Gasteiger partial charge in [0.25, 0.3) is 0 Å². The largest absolute Gasteiger partial charge is 0.506 e. The van der Waals surface area contributed by atoms with Crippen molar-refractivity contribution in [3.05, 3.63) is 46.8 Å². The maximum absolute atomic E-state index is 10.3. The van der Waals surface area contributed by atoms with Gasteiger partial charge in [-0.15, -0.1) is 0 Å². The smallest absolute Gasteiger partial charge is 0.204 e. The van der Waals surface area contributed by atoms with Crippen LogP contribution in [0.5, 0.6) is 5.75 Å². The third kappa shape index (κ3) is 4.06. The number of imidazole rings is 1. The van der Waals surface area contributed by atoms with Crippen molar-refractivity contribution in [2.75, 3.05) is 18.5 Å². The van der Waals surface area contributed by atoms with Gasteiger partial charge in [-0.05, 0) is 63.9 Å². The van der Waals surface area contributed by atoms with Crippen molar-refractivity contribution in [1.29, 1.82) is 0 Å². The van der Waals surface area contributed by atoms with Gasteiger partial charge in [0.15, 0.2) is 5.79 Å². The summed E-state index contributed by atoms with van der Waals surface area (Å²) in [6, 6.07) is 7.71. The van der Waals surface area contributed by atoms with E-state index in [1.165, 1.54) is 0 Å². The van der Waals surface area contributed by atoms with Crippen molar-refractivity contribution in [3.8, 4) is 5.75 Å². The zero-order valence-corrected chi connectivity index (χ0v) is 17.6. The molecule has 2 N–H and O–H groups in total. The first-order valence-corrected chi connectivity index (χ1v) is 9.90. The lowest BCUT2D eigenvalue weighted by Crippen LogP contribution is -2.26. The second-order valence-electron chi connectivity index (χ2n) is 8.22. The van der Waals surface area contributed by atoms with E-state index < -0.39 is 5.79 Å². The van der Waals surface area contributed by atoms with Crippen LogP contribution < -0.4 is 5.32 Å². The first-order chi connectivity index (χ1) is 13.7. The van der Waals surface area contributed by atoms with Crippen molar-refractivity contribution in [2.45, 2.75) is 53.1 Å². The van der Waals surface area contributed by atoms with Gasteiger partial charge in [0, 0.05) is 12.2 Å². The van der Waals surface area contributed by atoms with Crippen LogP contribution in [0.1, 0.15) is 36.4 Å². The number of aromatic nitrogens is 3. The predicted octanol–water partition coefficient (Wildman–Crippen LogP) is 3.67. The first kappa shape index (κ1) is 19.7. The number of hydrogen-bond acceptors (Lipinski definition) is 6. The van der Waals surface area contributed by atoms with Crippen LogP contribution in [-0.4, -0.2) is 44.7 Å². The molecule has 1 aliphatic heterocycles. The Labute approximate surface area is 170 Å². The number of aryl methyl sites for hydroxylation is 3. The summed E-state index contributed by atoms with van der Waals surface area (Å²) in [7, 11) is 0. The number of nitrogens with one attached hydrogen (secondary N) is 1. The van der Waals surface area contributed by atoms with Gasteiger partial charge in [-0.1, -0.05) is 6.07 Å². The number of aromatic hydroxyl groups is 1. The summed E-state index contributed by atoms with van der Waals surface area (Å²) in [4.78, 5) is 9.35. The average Bonchev–Trinajstić information content (AvgIpc) is 3.16. The fourth-order valence-electron chi connectivity index (χ4n) is 3.88. The Morgan fingerprint density at radius 1 is 1.21 bits per heavy atom. The summed E-state index contributed by atoms with van der Waals surface area (Å²) in [6.45, 7) is 11.4. The normalized spacial score (nSPS) is 18.4. The standard InChI is InChI=1S/C22H28N4O3/c1-13-8-14(2)20-17(9-13)25-21(23-10-16-12-28-22(4,5)29-16)26(20)11-18-19(27)7-6-15(3)24-18/h6-9,16,27H,10-12H2,1-5H3,(H,23,25). The Hall–Kier alpha value is -2.64. The molecule has 2 aromatic heterocycles. The molecule has 3 heterocycles. The Kier molecular flexibility index (Phi) is 4.96. The van der Waals surface area contributed by atoms with E-state index in [1.807, 2.05) is 20.8 Å². The second-order valence-corrected chi connectivity index (χ2v) is 8.22. The molecule has 0 bridgehead atoms. The number of hydrogen-bond donors (Lipinski definition) is 2. The van der Waals surface area contributed by atoms with Crippen LogP contribution in [0.25, 0.3) is 11.0 Å². The molecule has 0 amide bonds. The number of anilines is 1. The molecular weight excluding hydrogens is 368 g/mol. The Balaban J connectivity index is 1.70. The van der Waals surface area contributed by atoms with Crippen LogP contribution in [-0.2, 0) is 16.0 Å². The van der Waals surface area contributed by atoms with E-state index >= 15 is 0 Å². The minimum atomic E-state index is -0.558. The fourth-order valence-corrected chi connectivity index (χ4v) is 3.88. The van der Waals surface area contributed by atoms with Gasteiger partial charge in [0.05, 0.1) is 24.2 Å². The van der Waals surface area contributed by atoms with Gasteiger partial charge in [0.2, 0.25) is 5.95 Å². The third-order valence-electron chi connectivity index (χ3n) is 5.13. The molecule has 7 heteroatoms. The zero-order valence-electron chi connectivity index (χ0n) is 17.6. The molecule has 154 valence electrons. The number of fused-ring (bicyclic) bond motifs is 1. The van der Waals surface area contributed by atoms with Gasteiger partial charge in [-0.2, -0.15) is 0 Å². The van der Waals surface area contributed by atoms with E-state index in [-0.39, 0.29) is 11.9 Å². The molecule has 3 aromatic rings. The van der Waals surface area contributed by atoms with Gasteiger partial charge in [-0.3, -0.25) is 4.98 Å². The van der Waals surface area contributed by atoms with E-state index in [0.717, 1.165) is 33.8 Å². The third-order valence-corrected chi connectivity index (χ3v) is 5.13. The summed E-state index contributed by atoms with van der Waals surface area (Å²) in [6.07, 6.45) is -0.0495. The van der Waals surface area contributed by atoms with Crippen LogP contribution in [0, 0.1) is 20.8 Å². The number of nitrogens with zero attached hydrogens (tertiary/aromatic N) is 3. The lowest BCUT2D eigenvalue weighted by molar-refractivity contribution is -0.136. The van der Waals surface area contributed by atoms with E-state index in [9.17, 15) is 5.11 Å². The van der Waals surface area contributed by atoms with Crippen molar-refractivity contribution < 1.29 is 14.6 Å². The number of rotatable bonds is 5. The Morgan fingerprint density at radius 2 is 2.00 bits per heavy atom. The molecule has 1 fully saturated rings. The van der Waals surface area contributed by atoms with Crippen molar-refractivity contribution in [1.82, 2.24) is 14.5 Å². The van der Waals surface area contributed by atoms with Crippen LogP contribution >= 0.6 is 0 Å². The molecule has 1 saturated heterocycles. The number of pyridine rings is 1. The van der Waals surface area contributed by atoms with Crippen molar-refractivity contribution in [2.24, 2.45) is 0 Å². The number of ether oxygens (including phenoxy) is 2. The maximum Gasteiger partial charge on any atom is 0.204 e. The minimum Gasteiger partial charge on any atom is -0.506 e. The number of benzene rings is 1. The van der Waals surface area contributed by atoms with Crippen molar-refractivity contribution in [3.63, 3.8) is 0 Å². The van der Waals surface area contributed by atoms with Gasteiger partial charge >= 0.3 is 0 Å². The van der Waals surface area contributed by atoms with Crippen molar-refractivity contribution >= 4 is 17.0 Å². The topological polar surface area (TPSA) is 81.4 Å². The molecule has 4 rings (SSSR count). The van der Waals surface area contributed by atoms with Gasteiger partial charge in [0.1, 0.15) is 17.5 Å². The van der Waals surface area contributed by atoms with Crippen LogP contribution in [0.3, 0.4) is 0 Å². The van der Waals surface area contributed by atoms with Crippen LogP contribution in [0.4, 0.5) is 5.95 Å². The molecular formula is C22H28N4O3. The molecule has 7 nitrogen and oxygen atoms in total. The predicted molar refractivity (Wildman–Crippen MR) is 112 cm³/mol.